The topological polar surface area (TPSA) is 54.9 Å². The van der Waals surface area contributed by atoms with Crippen molar-refractivity contribution in [3.63, 3.8) is 0 Å². The van der Waals surface area contributed by atoms with E-state index in [1.54, 1.807) is 21.3 Å². The molecule has 0 saturated heterocycles. The first-order valence-corrected chi connectivity index (χ1v) is 7.89. The molecule has 0 aromatic heterocycles. The molecule has 0 spiro atoms. The number of methoxy groups -OCH3 is 2. The summed E-state index contributed by atoms with van der Waals surface area (Å²) < 4.78 is 10.4. The van der Waals surface area contributed by atoms with Crippen LogP contribution in [0.15, 0.2) is 53.5 Å². The number of aliphatic imine (C=N–C) groups is 1. The first-order chi connectivity index (χ1) is 11.7. The Balaban J connectivity index is 1.87. The Morgan fingerprint density at radius 3 is 2.17 bits per heavy atom. The van der Waals surface area contributed by atoms with Gasteiger partial charge in [0.25, 0.3) is 0 Å². The molecule has 0 heterocycles. The van der Waals surface area contributed by atoms with Crippen molar-refractivity contribution in [3.05, 3.63) is 65.2 Å². The summed E-state index contributed by atoms with van der Waals surface area (Å²) >= 11 is 0. The molecule has 5 heteroatoms. The van der Waals surface area contributed by atoms with Crippen LogP contribution < -0.4 is 15.4 Å². The zero-order chi connectivity index (χ0) is 17.2. The summed E-state index contributed by atoms with van der Waals surface area (Å²) in [5.74, 6) is 1.61. The summed E-state index contributed by atoms with van der Waals surface area (Å²) in [5.41, 5.74) is 3.49. The van der Waals surface area contributed by atoms with Gasteiger partial charge in [0, 0.05) is 27.2 Å². The Morgan fingerprint density at radius 2 is 1.54 bits per heavy atom. The number of guanidine groups is 1. The van der Waals surface area contributed by atoms with Crippen molar-refractivity contribution in [2.75, 3.05) is 21.3 Å². The fourth-order valence-corrected chi connectivity index (χ4v) is 2.37. The number of nitrogens with zero attached hydrogens (tertiary/aromatic N) is 1. The van der Waals surface area contributed by atoms with Crippen molar-refractivity contribution >= 4 is 5.96 Å². The minimum atomic E-state index is 0.622. The van der Waals surface area contributed by atoms with E-state index < -0.39 is 0 Å². The maximum absolute atomic E-state index is 5.24. The first kappa shape index (κ1) is 17.8. The molecule has 2 rings (SSSR count). The van der Waals surface area contributed by atoms with Crippen molar-refractivity contribution in [3.8, 4) is 5.75 Å². The Morgan fingerprint density at radius 1 is 0.917 bits per heavy atom. The Hall–Kier alpha value is -2.53. The minimum absolute atomic E-state index is 0.622. The number of benzene rings is 2. The fourth-order valence-electron chi connectivity index (χ4n) is 2.37. The van der Waals surface area contributed by atoms with Crippen LogP contribution in [0.1, 0.15) is 16.7 Å². The lowest BCUT2D eigenvalue weighted by Gasteiger charge is -2.13. The second kappa shape index (κ2) is 9.57. The Bertz CT molecular complexity index is 671. The number of hydrogen-bond donors (Lipinski definition) is 2. The predicted octanol–water partition coefficient (Wildman–Crippen LogP) is 2.71. The molecule has 0 amide bonds. The molecule has 2 aromatic carbocycles. The molecule has 128 valence electrons. The van der Waals surface area contributed by atoms with Gasteiger partial charge in [0.05, 0.1) is 13.7 Å². The van der Waals surface area contributed by atoms with E-state index in [1.807, 2.05) is 24.3 Å². The van der Waals surface area contributed by atoms with Crippen LogP contribution in [0.3, 0.4) is 0 Å². The van der Waals surface area contributed by atoms with E-state index in [-0.39, 0.29) is 0 Å². The van der Waals surface area contributed by atoms with Crippen molar-refractivity contribution in [1.82, 2.24) is 10.6 Å². The van der Waals surface area contributed by atoms with Gasteiger partial charge in [-0.1, -0.05) is 36.4 Å². The van der Waals surface area contributed by atoms with Crippen LogP contribution in [0.5, 0.6) is 5.75 Å². The summed E-state index contributed by atoms with van der Waals surface area (Å²) in [6.07, 6.45) is 0. The van der Waals surface area contributed by atoms with Gasteiger partial charge in [0.15, 0.2) is 5.96 Å². The largest absolute Gasteiger partial charge is 0.497 e. The van der Waals surface area contributed by atoms with Gasteiger partial charge in [0.2, 0.25) is 0 Å². The van der Waals surface area contributed by atoms with Gasteiger partial charge in [0.1, 0.15) is 5.75 Å². The van der Waals surface area contributed by atoms with Gasteiger partial charge >= 0.3 is 0 Å². The van der Waals surface area contributed by atoms with E-state index in [9.17, 15) is 0 Å². The SMILES string of the molecule is CN=C(NCc1cccc(COC)c1)NCc1cccc(OC)c1. The molecule has 2 aromatic rings. The van der Waals surface area contributed by atoms with Gasteiger partial charge in [-0.05, 0) is 28.8 Å². The lowest BCUT2D eigenvalue weighted by Crippen LogP contribution is -2.36. The number of hydrogen-bond acceptors (Lipinski definition) is 3. The van der Waals surface area contributed by atoms with Gasteiger partial charge < -0.3 is 20.1 Å². The molecule has 0 radical (unpaired) electrons. The monoisotopic (exact) mass is 327 g/mol. The highest BCUT2D eigenvalue weighted by Gasteiger charge is 2.01. The summed E-state index contributed by atoms with van der Waals surface area (Å²) in [6.45, 7) is 2.01. The molecule has 0 aliphatic rings. The number of nitrogens with one attached hydrogen (secondary N) is 2. The van der Waals surface area contributed by atoms with E-state index in [0.717, 1.165) is 22.8 Å². The molecule has 24 heavy (non-hydrogen) atoms. The fraction of sp³-hybridized carbons (Fsp3) is 0.316. The Kier molecular flexibility index (Phi) is 7.11. The van der Waals surface area contributed by atoms with Crippen LogP contribution in [0.25, 0.3) is 0 Å². The van der Waals surface area contributed by atoms with Crippen LogP contribution >= 0.6 is 0 Å². The second-order valence-electron chi connectivity index (χ2n) is 5.38. The summed E-state index contributed by atoms with van der Waals surface area (Å²) in [6, 6.07) is 16.3. The first-order valence-electron chi connectivity index (χ1n) is 7.89. The number of ether oxygens (including phenoxy) is 2. The highest BCUT2D eigenvalue weighted by Crippen LogP contribution is 2.12. The highest BCUT2D eigenvalue weighted by molar-refractivity contribution is 5.79. The summed E-state index contributed by atoms with van der Waals surface area (Å²) in [4.78, 5) is 4.26. The van der Waals surface area contributed by atoms with Gasteiger partial charge in [-0.2, -0.15) is 0 Å². The standard InChI is InChI=1S/C19H25N3O2/c1-20-19(22-13-16-7-5-9-18(11-16)24-3)21-12-15-6-4-8-17(10-15)14-23-2/h4-11H,12-14H2,1-3H3,(H2,20,21,22). The third kappa shape index (κ3) is 5.59. The van der Waals surface area contributed by atoms with Crippen LogP contribution in [0, 0.1) is 0 Å². The molecule has 5 nitrogen and oxygen atoms in total. The molecule has 0 fully saturated rings. The van der Waals surface area contributed by atoms with Crippen LogP contribution in [0.4, 0.5) is 0 Å². The molecule has 2 N–H and O–H groups in total. The van der Waals surface area contributed by atoms with Crippen molar-refractivity contribution < 1.29 is 9.47 Å². The van der Waals surface area contributed by atoms with E-state index >= 15 is 0 Å². The molecule has 0 unspecified atom stereocenters. The maximum Gasteiger partial charge on any atom is 0.191 e. The molecule has 0 aliphatic carbocycles. The lowest BCUT2D eigenvalue weighted by atomic mass is 10.1. The molecular weight excluding hydrogens is 302 g/mol. The average molecular weight is 327 g/mol. The van der Waals surface area contributed by atoms with E-state index in [1.165, 1.54) is 5.56 Å². The Labute approximate surface area is 143 Å². The van der Waals surface area contributed by atoms with E-state index in [4.69, 9.17) is 9.47 Å². The second-order valence-corrected chi connectivity index (χ2v) is 5.38. The third-order valence-corrected chi connectivity index (χ3v) is 3.58. The predicted molar refractivity (Wildman–Crippen MR) is 97.2 cm³/mol. The third-order valence-electron chi connectivity index (χ3n) is 3.58. The number of rotatable bonds is 7. The lowest BCUT2D eigenvalue weighted by molar-refractivity contribution is 0.185. The van der Waals surface area contributed by atoms with E-state index in [0.29, 0.717) is 19.7 Å². The van der Waals surface area contributed by atoms with E-state index in [2.05, 4.69) is 39.9 Å². The molecule has 0 bridgehead atoms. The van der Waals surface area contributed by atoms with Crippen molar-refractivity contribution in [1.29, 1.82) is 0 Å². The van der Waals surface area contributed by atoms with Crippen LogP contribution in [-0.2, 0) is 24.4 Å². The van der Waals surface area contributed by atoms with Crippen molar-refractivity contribution in [2.45, 2.75) is 19.7 Å². The van der Waals surface area contributed by atoms with Gasteiger partial charge in [-0.3, -0.25) is 4.99 Å². The van der Waals surface area contributed by atoms with Crippen molar-refractivity contribution in [2.24, 2.45) is 4.99 Å². The van der Waals surface area contributed by atoms with Gasteiger partial charge in [-0.15, -0.1) is 0 Å². The molecule has 0 atom stereocenters. The normalized spacial score (nSPS) is 11.2. The molecule has 0 saturated carbocycles. The van der Waals surface area contributed by atoms with Crippen LogP contribution in [-0.4, -0.2) is 27.2 Å². The summed E-state index contributed by atoms with van der Waals surface area (Å²) in [7, 11) is 5.14. The van der Waals surface area contributed by atoms with Gasteiger partial charge in [-0.25, -0.2) is 0 Å². The molecular formula is C19H25N3O2. The average Bonchev–Trinajstić information content (AvgIpc) is 2.62. The molecule has 0 aliphatic heterocycles. The quantitative estimate of drug-likeness (QED) is 0.606. The maximum atomic E-state index is 5.24. The zero-order valence-corrected chi connectivity index (χ0v) is 14.5. The smallest absolute Gasteiger partial charge is 0.191 e. The zero-order valence-electron chi connectivity index (χ0n) is 14.5. The highest BCUT2D eigenvalue weighted by atomic mass is 16.5. The summed E-state index contributed by atoms with van der Waals surface area (Å²) in [5, 5.41) is 6.63. The van der Waals surface area contributed by atoms with Crippen LogP contribution in [0.2, 0.25) is 0 Å². The minimum Gasteiger partial charge on any atom is -0.497 e.